The van der Waals surface area contributed by atoms with E-state index in [1.807, 2.05) is 45.0 Å². The molecule has 1 N–H and O–H groups in total. The van der Waals surface area contributed by atoms with Gasteiger partial charge in [-0.2, -0.15) is 0 Å². The van der Waals surface area contributed by atoms with Crippen molar-refractivity contribution in [2.45, 2.75) is 39.7 Å². The fourth-order valence-corrected chi connectivity index (χ4v) is 2.64. The average molecular weight is 274 g/mol. The molecule has 0 spiro atoms. The lowest BCUT2D eigenvalue weighted by molar-refractivity contribution is -0.126. The number of hydrogen-bond donors (Lipinski definition) is 1. The maximum absolute atomic E-state index is 12.5. The predicted octanol–water partition coefficient (Wildman–Crippen LogP) is 2.13. The second kappa shape index (κ2) is 6.07. The molecule has 0 bridgehead atoms. The van der Waals surface area contributed by atoms with Crippen LogP contribution < -0.4 is 10.2 Å². The first-order valence-electron chi connectivity index (χ1n) is 7.22. The van der Waals surface area contributed by atoms with Gasteiger partial charge in [0.25, 0.3) is 0 Å². The number of fused-ring (bicyclic) bond motifs is 1. The Balaban J connectivity index is 2.30. The summed E-state index contributed by atoms with van der Waals surface area (Å²) >= 11 is 0. The maximum Gasteiger partial charge on any atom is 0.243 e. The summed E-state index contributed by atoms with van der Waals surface area (Å²) in [6.07, 6.45) is 1.07. The Labute approximate surface area is 120 Å². The highest BCUT2D eigenvalue weighted by Crippen LogP contribution is 2.33. The van der Waals surface area contributed by atoms with Gasteiger partial charge in [0.2, 0.25) is 11.8 Å². The van der Waals surface area contributed by atoms with E-state index < -0.39 is 6.04 Å². The number of likely N-dealkylation sites (N-methyl/N-ethyl adjacent to an activating group) is 1. The van der Waals surface area contributed by atoms with Crippen LogP contribution >= 0.6 is 0 Å². The number of anilines is 1. The Hall–Kier alpha value is -1.84. The van der Waals surface area contributed by atoms with E-state index in [4.69, 9.17) is 0 Å². The van der Waals surface area contributed by atoms with Gasteiger partial charge in [-0.25, -0.2) is 0 Å². The van der Waals surface area contributed by atoms with Crippen LogP contribution in [0.2, 0.25) is 0 Å². The molecule has 108 valence electrons. The fraction of sp³-hybridized carbons (Fsp3) is 0.500. The number of para-hydroxylation sites is 1. The van der Waals surface area contributed by atoms with E-state index in [2.05, 4.69) is 5.32 Å². The van der Waals surface area contributed by atoms with E-state index in [-0.39, 0.29) is 17.7 Å². The third-order valence-electron chi connectivity index (χ3n) is 3.48. The zero-order valence-electron chi connectivity index (χ0n) is 12.3. The summed E-state index contributed by atoms with van der Waals surface area (Å²) < 4.78 is 0. The largest absolute Gasteiger partial charge is 0.355 e. The summed E-state index contributed by atoms with van der Waals surface area (Å²) in [4.78, 5) is 26.4. The molecular formula is C16H22N2O2. The smallest absolute Gasteiger partial charge is 0.243 e. The Bertz CT molecular complexity index is 511. The maximum atomic E-state index is 12.5. The minimum atomic E-state index is -0.404. The normalized spacial score (nSPS) is 17.2. The Morgan fingerprint density at radius 3 is 2.70 bits per heavy atom. The van der Waals surface area contributed by atoms with Crippen LogP contribution in [0.15, 0.2) is 24.3 Å². The van der Waals surface area contributed by atoms with Gasteiger partial charge in [-0.15, -0.1) is 0 Å². The SMILES string of the molecule is CCNC(=O)C1Cc2ccccc2N1C(=O)CC(C)C. The lowest BCUT2D eigenvalue weighted by Gasteiger charge is -2.25. The first-order chi connectivity index (χ1) is 9.54. The molecule has 1 aliphatic heterocycles. The fourth-order valence-electron chi connectivity index (χ4n) is 2.64. The number of benzene rings is 1. The number of hydrogen-bond acceptors (Lipinski definition) is 2. The number of carbonyl (C=O) groups is 2. The molecule has 0 saturated heterocycles. The van der Waals surface area contributed by atoms with Gasteiger partial charge in [-0.05, 0) is 24.5 Å². The van der Waals surface area contributed by atoms with Gasteiger partial charge in [0.05, 0.1) is 0 Å². The van der Waals surface area contributed by atoms with Crippen molar-refractivity contribution in [3.63, 3.8) is 0 Å². The van der Waals surface area contributed by atoms with E-state index in [9.17, 15) is 9.59 Å². The Morgan fingerprint density at radius 2 is 2.05 bits per heavy atom. The third-order valence-corrected chi connectivity index (χ3v) is 3.48. The highest BCUT2D eigenvalue weighted by Gasteiger charge is 2.37. The van der Waals surface area contributed by atoms with Gasteiger partial charge < -0.3 is 5.32 Å². The monoisotopic (exact) mass is 274 g/mol. The molecule has 20 heavy (non-hydrogen) atoms. The summed E-state index contributed by atoms with van der Waals surface area (Å²) in [5.41, 5.74) is 1.95. The van der Waals surface area contributed by atoms with Crippen LogP contribution in [0.4, 0.5) is 5.69 Å². The molecule has 0 aliphatic carbocycles. The van der Waals surface area contributed by atoms with Crippen molar-refractivity contribution in [3.8, 4) is 0 Å². The van der Waals surface area contributed by atoms with Crippen LogP contribution in [-0.2, 0) is 16.0 Å². The lowest BCUT2D eigenvalue weighted by Crippen LogP contribution is -2.48. The van der Waals surface area contributed by atoms with Crippen molar-refractivity contribution >= 4 is 17.5 Å². The van der Waals surface area contributed by atoms with Crippen LogP contribution in [0.5, 0.6) is 0 Å². The predicted molar refractivity (Wildman–Crippen MR) is 79.6 cm³/mol. The minimum Gasteiger partial charge on any atom is -0.355 e. The summed E-state index contributed by atoms with van der Waals surface area (Å²) in [7, 11) is 0. The first-order valence-corrected chi connectivity index (χ1v) is 7.22. The molecule has 0 saturated carbocycles. The minimum absolute atomic E-state index is 0.0289. The van der Waals surface area contributed by atoms with E-state index in [1.165, 1.54) is 0 Å². The number of nitrogens with one attached hydrogen (secondary N) is 1. The Morgan fingerprint density at radius 1 is 1.35 bits per heavy atom. The number of carbonyl (C=O) groups excluding carboxylic acids is 2. The number of amides is 2. The molecule has 2 amide bonds. The molecule has 1 unspecified atom stereocenters. The summed E-state index contributed by atoms with van der Waals surface area (Å²) in [6.45, 7) is 6.50. The van der Waals surface area contributed by atoms with E-state index in [0.717, 1.165) is 11.3 Å². The molecule has 1 atom stereocenters. The molecule has 4 heteroatoms. The molecule has 0 radical (unpaired) electrons. The average Bonchev–Trinajstić information content (AvgIpc) is 2.77. The van der Waals surface area contributed by atoms with Crippen molar-refractivity contribution in [1.82, 2.24) is 5.32 Å². The van der Waals surface area contributed by atoms with E-state index >= 15 is 0 Å². The molecule has 1 aromatic rings. The van der Waals surface area contributed by atoms with Gasteiger partial charge in [0.15, 0.2) is 0 Å². The van der Waals surface area contributed by atoms with E-state index in [0.29, 0.717) is 19.4 Å². The van der Waals surface area contributed by atoms with Gasteiger partial charge in [-0.3, -0.25) is 14.5 Å². The Kier molecular flexibility index (Phi) is 4.42. The first kappa shape index (κ1) is 14.6. The van der Waals surface area contributed by atoms with Gasteiger partial charge in [-0.1, -0.05) is 32.0 Å². The lowest BCUT2D eigenvalue weighted by atomic mass is 10.1. The number of nitrogens with zero attached hydrogens (tertiary/aromatic N) is 1. The highest BCUT2D eigenvalue weighted by atomic mass is 16.2. The molecule has 1 aliphatic rings. The van der Waals surface area contributed by atoms with Crippen LogP contribution in [0.1, 0.15) is 32.8 Å². The zero-order valence-corrected chi connectivity index (χ0v) is 12.3. The standard InChI is InChI=1S/C16H22N2O2/c1-4-17-16(20)14-10-12-7-5-6-8-13(12)18(14)15(19)9-11(2)3/h5-8,11,14H,4,9-10H2,1-3H3,(H,17,20). The molecule has 2 rings (SSSR count). The van der Waals surface area contributed by atoms with Crippen LogP contribution in [0.3, 0.4) is 0 Å². The summed E-state index contributed by atoms with van der Waals surface area (Å²) in [6, 6.07) is 7.37. The summed E-state index contributed by atoms with van der Waals surface area (Å²) in [5.74, 6) is 0.243. The van der Waals surface area contributed by atoms with Crippen molar-refractivity contribution in [3.05, 3.63) is 29.8 Å². The molecule has 1 aromatic carbocycles. The van der Waals surface area contributed by atoms with Crippen LogP contribution in [-0.4, -0.2) is 24.4 Å². The molecule has 1 heterocycles. The van der Waals surface area contributed by atoms with Crippen molar-refractivity contribution in [2.24, 2.45) is 5.92 Å². The highest BCUT2D eigenvalue weighted by molar-refractivity contribution is 6.03. The molecular weight excluding hydrogens is 252 g/mol. The van der Waals surface area contributed by atoms with E-state index in [1.54, 1.807) is 4.90 Å². The number of rotatable bonds is 4. The van der Waals surface area contributed by atoms with Gasteiger partial charge in [0, 0.05) is 25.1 Å². The van der Waals surface area contributed by atoms with Crippen molar-refractivity contribution < 1.29 is 9.59 Å². The quantitative estimate of drug-likeness (QED) is 0.914. The second-order valence-electron chi connectivity index (χ2n) is 5.60. The molecule has 4 nitrogen and oxygen atoms in total. The second-order valence-corrected chi connectivity index (χ2v) is 5.60. The third kappa shape index (κ3) is 2.84. The van der Waals surface area contributed by atoms with Gasteiger partial charge >= 0.3 is 0 Å². The van der Waals surface area contributed by atoms with Crippen molar-refractivity contribution in [1.29, 1.82) is 0 Å². The van der Waals surface area contributed by atoms with Crippen LogP contribution in [0.25, 0.3) is 0 Å². The zero-order chi connectivity index (χ0) is 14.7. The van der Waals surface area contributed by atoms with Gasteiger partial charge in [0.1, 0.15) is 6.04 Å². The molecule has 0 aromatic heterocycles. The topological polar surface area (TPSA) is 49.4 Å². The van der Waals surface area contributed by atoms with Crippen molar-refractivity contribution in [2.75, 3.05) is 11.4 Å². The molecule has 0 fully saturated rings. The summed E-state index contributed by atoms with van der Waals surface area (Å²) in [5, 5.41) is 2.83. The van der Waals surface area contributed by atoms with Crippen LogP contribution in [0, 0.1) is 5.92 Å².